The van der Waals surface area contributed by atoms with Gasteiger partial charge in [0.25, 0.3) is 0 Å². The van der Waals surface area contributed by atoms with Crippen molar-refractivity contribution in [1.29, 1.82) is 0 Å². The van der Waals surface area contributed by atoms with Crippen molar-refractivity contribution in [3.05, 3.63) is 41.0 Å². The molecule has 22 heavy (non-hydrogen) atoms. The van der Waals surface area contributed by atoms with E-state index in [0.717, 1.165) is 31.4 Å². The van der Waals surface area contributed by atoms with Crippen molar-refractivity contribution in [3.63, 3.8) is 0 Å². The van der Waals surface area contributed by atoms with Crippen molar-refractivity contribution in [2.45, 2.75) is 51.4 Å². The Kier molecular flexibility index (Phi) is 4.55. The van der Waals surface area contributed by atoms with Gasteiger partial charge >= 0.3 is 0 Å². The lowest BCUT2D eigenvalue weighted by atomic mass is 9.73. The van der Waals surface area contributed by atoms with E-state index in [1.807, 2.05) is 0 Å². The Morgan fingerprint density at radius 1 is 0.773 bits per heavy atom. The van der Waals surface area contributed by atoms with E-state index in [0.29, 0.717) is 30.3 Å². The zero-order valence-electron chi connectivity index (χ0n) is 12.5. The predicted molar refractivity (Wildman–Crippen MR) is 78.3 cm³/mol. The zero-order valence-corrected chi connectivity index (χ0v) is 12.5. The molecule has 0 radical (unpaired) electrons. The first-order valence-electron chi connectivity index (χ1n) is 8.08. The number of halogens is 4. The first-order chi connectivity index (χ1) is 10.6. The van der Waals surface area contributed by atoms with Crippen LogP contribution in [0.15, 0.2) is 18.0 Å². The maximum absolute atomic E-state index is 14.4. The number of allylic oxidation sites excluding steroid dienone is 2. The maximum atomic E-state index is 14.4. The summed E-state index contributed by atoms with van der Waals surface area (Å²) in [6.07, 6.45) is 7.68. The standard InChI is InChI=1S/C18H20F4/c19-15-8-12(11-4-2-1-3-5-11)6-7-14(15)13-9-16(20)18(22)17(21)10-13/h9-12H,1-8H2. The molecule has 0 aliphatic heterocycles. The van der Waals surface area contributed by atoms with Gasteiger partial charge < -0.3 is 0 Å². The number of hydrogen-bond donors (Lipinski definition) is 0. The van der Waals surface area contributed by atoms with Crippen LogP contribution in [0.2, 0.25) is 0 Å². The quantitative estimate of drug-likeness (QED) is 0.453. The highest BCUT2D eigenvalue weighted by molar-refractivity contribution is 5.68. The summed E-state index contributed by atoms with van der Waals surface area (Å²) in [5, 5.41) is 0. The topological polar surface area (TPSA) is 0 Å². The molecule has 3 rings (SSSR count). The average molecular weight is 312 g/mol. The Morgan fingerprint density at radius 3 is 2.00 bits per heavy atom. The van der Waals surface area contributed by atoms with Crippen molar-refractivity contribution in [2.75, 3.05) is 0 Å². The van der Waals surface area contributed by atoms with Crippen LogP contribution in [0.3, 0.4) is 0 Å². The van der Waals surface area contributed by atoms with Gasteiger partial charge in [-0.2, -0.15) is 0 Å². The molecule has 1 unspecified atom stereocenters. The number of benzene rings is 1. The Labute approximate surface area is 128 Å². The van der Waals surface area contributed by atoms with Gasteiger partial charge in [0.1, 0.15) is 5.83 Å². The van der Waals surface area contributed by atoms with Crippen molar-refractivity contribution >= 4 is 5.57 Å². The Morgan fingerprint density at radius 2 is 1.41 bits per heavy atom. The molecule has 0 N–H and O–H groups in total. The van der Waals surface area contributed by atoms with E-state index in [1.165, 1.54) is 19.3 Å². The van der Waals surface area contributed by atoms with E-state index in [2.05, 4.69) is 0 Å². The Bertz CT molecular complexity index is 562. The van der Waals surface area contributed by atoms with Crippen LogP contribution in [0, 0.1) is 29.3 Å². The van der Waals surface area contributed by atoms with Crippen molar-refractivity contribution in [3.8, 4) is 0 Å². The smallest absolute Gasteiger partial charge is 0.194 e. The third-order valence-corrected chi connectivity index (χ3v) is 5.18. The summed E-state index contributed by atoms with van der Waals surface area (Å²) in [5.74, 6) is -3.40. The van der Waals surface area contributed by atoms with E-state index in [4.69, 9.17) is 0 Å². The minimum atomic E-state index is -1.50. The third-order valence-electron chi connectivity index (χ3n) is 5.18. The van der Waals surface area contributed by atoms with Gasteiger partial charge in [-0.1, -0.05) is 32.1 Å². The summed E-state index contributed by atoms with van der Waals surface area (Å²) in [6.45, 7) is 0. The maximum Gasteiger partial charge on any atom is 0.194 e. The third kappa shape index (κ3) is 3.06. The van der Waals surface area contributed by atoms with Crippen LogP contribution in [0.25, 0.3) is 5.57 Å². The lowest BCUT2D eigenvalue weighted by molar-refractivity contribution is 0.221. The Balaban J connectivity index is 1.80. The minimum Gasteiger partial charge on any atom is -0.211 e. The fourth-order valence-electron chi connectivity index (χ4n) is 3.96. The van der Waals surface area contributed by atoms with E-state index in [1.54, 1.807) is 0 Å². The molecule has 1 saturated carbocycles. The van der Waals surface area contributed by atoms with Gasteiger partial charge in [0, 0.05) is 6.42 Å². The molecule has 0 aromatic heterocycles. The van der Waals surface area contributed by atoms with Gasteiger partial charge in [0.15, 0.2) is 17.5 Å². The van der Waals surface area contributed by atoms with Crippen LogP contribution < -0.4 is 0 Å². The van der Waals surface area contributed by atoms with Gasteiger partial charge in [-0.25, -0.2) is 17.6 Å². The molecular formula is C18H20F4. The summed E-state index contributed by atoms with van der Waals surface area (Å²) >= 11 is 0. The normalized spacial score (nSPS) is 23.9. The molecule has 1 fully saturated rings. The molecule has 2 aliphatic rings. The minimum absolute atomic E-state index is 0.135. The largest absolute Gasteiger partial charge is 0.211 e. The van der Waals surface area contributed by atoms with E-state index in [9.17, 15) is 17.6 Å². The van der Waals surface area contributed by atoms with Crippen LogP contribution in [0.4, 0.5) is 17.6 Å². The second kappa shape index (κ2) is 6.43. The molecule has 0 heterocycles. The van der Waals surface area contributed by atoms with Crippen LogP contribution in [-0.4, -0.2) is 0 Å². The van der Waals surface area contributed by atoms with Crippen LogP contribution in [0.1, 0.15) is 56.9 Å². The highest BCUT2D eigenvalue weighted by Crippen LogP contribution is 2.43. The average Bonchev–Trinajstić information content (AvgIpc) is 2.53. The van der Waals surface area contributed by atoms with Crippen LogP contribution in [-0.2, 0) is 0 Å². The van der Waals surface area contributed by atoms with Crippen molar-refractivity contribution in [2.24, 2.45) is 11.8 Å². The van der Waals surface area contributed by atoms with Gasteiger partial charge in [-0.15, -0.1) is 0 Å². The lowest BCUT2D eigenvalue weighted by Gasteiger charge is -2.33. The zero-order chi connectivity index (χ0) is 15.7. The molecule has 1 aromatic carbocycles. The monoisotopic (exact) mass is 312 g/mol. The summed E-state index contributed by atoms with van der Waals surface area (Å²) in [7, 11) is 0. The Hall–Kier alpha value is -1.32. The van der Waals surface area contributed by atoms with Crippen molar-refractivity contribution in [1.82, 2.24) is 0 Å². The molecule has 1 aromatic rings. The molecule has 1 atom stereocenters. The molecule has 0 spiro atoms. The number of hydrogen-bond acceptors (Lipinski definition) is 0. The first-order valence-corrected chi connectivity index (χ1v) is 8.08. The molecule has 0 bridgehead atoms. The van der Waals surface area contributed by atoms with Crippen LogP contribution in [0.5, 0.6) is 0 Å². The lowest BCUT2D eigenvalue weighted by Crippen LogP contribution is -2.21. The summed E-state index contributed by atoms with van der Waals surface area (Å²) < 4.78 is 54.1. The molecule has 2 aliphatic carbocycles. The second-order valence-corrected chi connectivity index (χ2v) is 6.54. The highest BCUT2D eigenvalue weighted by atomic mass is 19.2. The highest BCUT2D eigenvalue weighted by Gasteiger charge is 2.30. The van der Waals surface area contributed by atoms with E-state index < -0.39 is 17.5 Å². The molecular weight excluding hydrogens is 292 g/mol. The molecule has 0 saturated heterocycles. The number of rotatable bonds is 2. The summed E-state index contributed by atoms with van der Waals surface area (Å²) in [4.78, 5) is 0. The molecule has 120 valence electrons. The van der Waals surface area contributed by atoms with E-state index in [-0.39, 0.29) is 11.4 Å². The van der Waals surface area contributed by atoms with E-state index >= 15 is 0 Å². The first kappa shape index (κ1) is 15.6. The molecule has 0 amide bonds. The van der Waals surface area contributed by atoms with Gasteiger partial charge in [-0.3, -0.25) is 0 Å². The van der Waals surface area contributed by atoms with Crippen molar-refractivity contribution < 1.29 is 17.6 Å². The predicted octanol–water partition coefficient (Wildman–Crippen LogP) is 6.16. The van der Waals surface area contributed by atoms with Gasteiger partial charge in [0.2, 0.25) is 0 Å². The second-order valence-electron chi connectivity index (χ2n) is 6.54. The SMILES string of the molecule is FC1=C(c2cc(F)c(F)c(F)c2)CCC(C2CCCCC2)C1. The molecule has 4 heteroatoms. The van der Waals surface area contributed by atoms with Crippen LogP contribution >= 0.6 is 0 Å². The molecule has 0 nitrogen and oxygen atoms in total. The van der Waals surface area contributed by atoms with Gasteiger partial charge in [-0.05, 0) is 47.9 Å². The summed E-state index contributed by atoms with van der Waals surface area (Å²) in [5.41, 5.74) is 0.473. The fourth-order valence-corrected chi connectivity index (χ4v) is 3.96. The summed E-state index contributed by atoms with van der Waals surface area (Å²) in [6, 6.07) is 1.79. The van der Waals surface area contributed by atoms with Gasteiger partial charge in [0.05, 0.1) is 0 Å². The fraction of sp³-hybridized carbons (Fsp3) is 0.556.